The number of nitrogens with one attached hydrogen (secondary N) is 1. The summed E-state index contributed by atoms with van der Waals surface area (Å²) < 4.78 is 5.26. The summed E-state index contributed by atoms with van der Waals surface area (Å²) in [7, 11) is 0. The van der Waals surface area contributed by atoms with Crippen LogP contribution in [0.15, 0.2) is 63.8 Å². The Morgan fingerprint density at radius 2 is 1.97 bits per heavy atom. The van der Waals surface area contributed by atoms with E-state index >= 15 is 0 Å². The van der Waals surface area contributed by atoms with Gasteiger partial charge in [-0.3, -0.25) is 9.69 Å². The van der Waals surface area contributed by atoms with Crippen molar-refractivity contribution >= 4 is 34.0 Å². The van der Waals surface area contributed by atoms with Gasteiger partial charge in [0, 0.05) is 10.9 Å². The number of aromatic nitrogens is 2. The van der Waals surface area contributed by atoms with Gasteiger partial charge in [-0.15, -0.1) is 0 Å². The van der Waals surface area contributed by atoms with Gasteiger partial charge in [-0.2, -0.15) is 16.3 Å². The normalized spacial score (nSPS) is 19.1. The van der Waals surface area contributed by atoms with Crippen LogP contribution in [0.3, 0.4) is 0 Å². The van der Waals surface area contributed by atoms with E-state index in [1.54, 1.807) is 6.92 Å². The molecule has 0 bridgehead atoms. The molecular weight excluding hydrogens is 388 g/mol. The molecule has 2 aromatic carbocycles. The van der Waals surface area contributed by atoms with Crippen molar-refractivity contribution in [1.29, 1.82) is 0 Å². The van der Waals surface area contributed by atoms with Gasteiger partial charge in [0.2, 0.25) is 11.7 Å². The molecule has 1 atom stereocenters. The van der Waals surface area contributed by atoms with E-state index in [1.807, 2.05) is 59.3 Å². The van der Waals surface area contributed by atoms with Crippen molar-refractivity contribution in [3.63, 3.8) is 0 Å². The molecule has 3 heterocycles. The summed E-state index contributed by atoms with van der Waals surface area (Å²) in [4.78, 5) is 31.4. The number of hydrogen-bond donors (Lipinski definition) is 1. The first-order valence-electron chi connectivity index (χ1n) is 9.04. The Morgan fingerprint density at radius 3 is 2.79 bits per heavy atom. The van der Waals surface area contributed by atoms with Gasteiger partial charge in [-0.05, 0) is 34.7 Å². The van der Waals surface area contributed by atoms with Crippen molar-refractivity contribution in [3.8, 4) is 11.4 Å². The predicted octanol–water partition coefficient (Wildman–Crippen LogP) is 3.92. The number of nitrogens with zero attached hydrogens (tertiary/aromatic N) is 3. The molecule has 0 unspecified atom stereocenters. The molecule has 1 aliphatic rings. The van der Waals surface area contributed by atoms with Crippen LogP contribution in [-0.4, -0.2) is 27.0 Å². The number of thiophene rings is 1. The number of fused-ring (bicyclic) bond motifs is 1. The maximum absolute atomic E-state index is 13.3. The molecule has 0 saturated carbocycles. The van der Waals surface area contributed by atoms with Gasteiger partial charge in [0.05, 0.1) is 0 Å². The Bertz CT molecular complexity index is 1230. The molecule has 7 nitrogen and oxygen atoms in total. The van der Waals surface area contributed by atoms with Crippen LogP contribution in [0.5, 0.6) is 0 Å². The number of amides is 3. The Kier molecular flexibility index (Phi) is 3.95. The van der Waals surface area contributed by atoms with Crippen LogP contribution >= 0.6 is 11.3 Å². The number of rotatable bonds is 4. The van der Waals surface area contributed by atoms with E-state index in [-0.39, 0.29) is 18.3 Å². The Balaban J connectivity index is 1.47. The third-order valence-electron chi connectivity index (χ3n) is 5.14. The highest BCUT2D eigenvalue weighted by Crippen LogP contribution is 2.34. The lowest BCUT2D eigenvalue weighted by Gasteiger charge is -2.23. The lowest BCUT2D eigenvalue weighted by molar-refractivity contribution is -0.131. The lowest BCUT2D eigenvalue weighted by Crippen LogP contribution is -2.41. The summed E-state index contributed by atoms with van der Waals surface area (Å²) in [5.74, 6) is 0.288. The van der Waals surface area contributed by atoms with Gasteiger partial charge >= 0.3 is 6.03 Å². The van der Waals surface area contributed by atoms with Gasteiger partial charge in [0.1, 0.15) is 12.1 Å². The van der Waals surface area contributed by atoms with Crippen LogP contribution < -0.4 is 5.32 Å². The highest BCUT2D eigenvalue weighted by atomic mass is 32.1. The summed E-state index contributed by atoms with van der Waals surface area (Å²) >= 11 is 1.53. The minimum Gasteiger partial charge on any atom is -0.337 e. The Morgan fingerprint density at radius 1 is 1.14 bits per heavy atom. The molecule has 29 heavy (non-hydrogen) atoms. The lowest BCUT2D eigenvalue weighted by atomic mass is 9.88. The number of carbonyl (C=O) groups excluding carboxylic acids is 2. The standard InChI is InChI=1S/C21H16N4O3S/c1-21(16-8-4-6-13-5-2-3-7-15(13)16)19(26)25(20(27)23-21)11-17-22-18(24-28-17)14-9-10-29-12-14/h2-10,12H,11H2,1H3,(H,23,27)/t21-/m1/s1. The Hall–Kier alpha value is -3.52. The first kappa shape index (κ1) is 17.6. The number of benzene rings is 2. The largest absolute Gasteiger partial charge is 0.337 e. The second kappa shape index (κ2) is 6.52. The molecule has 4 aromatic rings. The topological polar surface area (TPSA) is 88.3 Å². The monoisotopic (exact) mass is 404 g/mol. The molecule has 1 aliphatic heterocycles. The van der Waals surface area contributed by atoms with E-state index in [2.05, 4.69) is 15.5 Å². The summed E-state index contributed by atoms with van der Waals surface area (Å²) in [5.41, 5.74) is 0.414. The van der Waals surface area contributed by atoms with E-state index in [9.17, 15) is 9.59 Å². The minimum atomic E-state index is -1.17. The highest BCUT2D eigenvalue weighted by Gasteiger charge is 2.50. The molecule has 0 aliphatic carbocycles. The number of urea groups is 1. The molecule has 3 amide bonds. The molecule has 8 heteroatoms. The summed E-state index contributed by atoms with van der Waals surface area (Å²) in [6.45, 7) is 1.64. The van der Waals surface area contributed by atoms with Crippen molar-refractivity contribution in [2.24, 2.45) is 0 Å². The van der Waals surface area contributed by atoms with E-state index in [0.717, 1.165) is 26.8 Å². The molecule has 1 fully saturated rings. The fraction of sp³-hybridized carbons (Fsp3) is 0.143. The maximum atomic E-state index is 13.3. The van der Waals surface area contributed by atoms with Gasteiger partial charge in [-0.1, -0.05) is 47.6 Å². The van der Waals surface area contributed by atoms with E-state index in [4.69, 9.17) is 4.52 Å². The van der Waals surface area contributed by atoms with E-state index < -0.39 is 11.6 Å². The average molecular weight is 404 g/mol. The molecule has 2 aromatic heterocycles. The fourth-order valence-electron chi connectivity index (χ4n) is 3.65. The second-order valence-corrected chi connectivity index (χ2v) is 7.78. The van der Waals surface area contributed by atoms with E-state index in [1.165, 1.54) is 11.3 Å². The van der Waals surface area contributed by atoms with Gasteiger partial charge in [0.15, 0.2) is 0 Å². The van der Waals surface area contributed by atoms with E-state index in [0.29, 0.717) is 5.82 Å². The van der Waals surface area contributed by atoms with Gasteiger partial charge in [-0.25, -0.2) is 4.79 Å². The zero-order chi connectivity index (χ0) is 20.0. The van der Waals surface area contributed by atoms with Gasteiger partial charge in [0.25, 0.3) is 5.91 Å². The first-order chi connectivity index (χ1) is 14.1. The van der Waals surface area contributed by atoms with Crippen LogP contribution in [0, 0.1) is 0 Å². The third-order valence-corrected chi connectivity index (χ3v) is 5.83. The van der Waals surface area contributed by atoms with Crippen LogP contribution in [0.2, 0.25) is 0 Å². The molecule has 1 saturated heterocycles. The molecule has 0 spiro atoms. The van der Waals surface area contributed by atoms with Crippen molar-refractivity contribution in [3.05, 3.63) is 70.7 Å². The number of carbonyl (C=O) groups is 2. The smallest absolute Gasteiger partial charge is 0.325 e. The SMILES string of the molecule is C[C@]1(c2cccc3ccccc23)NC(=O)N(Cc2nc(-c3ccsc3)no2)C1=O. The molecule has 144 valence electrons. The van der Waals surface area contributed by atoms with Gasteiger partial charge < -0.3 is 9.84 Å². The summed E-state index contributed by atoms with van der Waals surface area (Å²) in [5, 5.41) is 12.5. The second-order valence-electron chi connectivity index (χ2n) is 7.00. The quantitative estimate of drug-likeness (QED) is 0.521. The molecule has 0 radical (unpaired) electrons. The van der Waals surface area contributed by atoms with Crippen LogP contribution in [0.4, 0.5) is 4.79 Å². The zero-order valence-electron chi connectivity index (χ0n) is 15.5. The zero-order valence-corrected chi connectivity index (χ0v) is 16.3. The minimum absolute atomic E-state index is 0.0812. The molecule has 5 rings (SSSR count). The maximum Gasteiger partial charge on any atom is 0.325 e. The summed E-state index contributed by atoms with van der Waals surface area (Å²) in [6.07, 6.45) is 0. The number of imide groups is 1. The fourth-order valence-corrected chi connectivity index (χ4v) is 4.28. The predicted molar refractivity (Wildman–Crippen MR) is 108 cm³/mol. The molecule has 1 N–H and O–H groups in total. The van der Waals surface area contributed by atoms with Crippen molar-refractivity contribution in [2.75, 3.05) is 0 Å². The van der Waals surface area contributed by atoms with Crippen LogP contribution in [0.25, 0.3) is 22.2 Å². The average Bonchev–Trinajstić information content (AvgIpc) is 3.46. The van der Waals surface area contributed by atoms with Crippen LogP contribution in [-0.2, 0) is 16.9 Å². The third kappa shape index (κ3) is 2.80. The van der Waals surface area contributed by atoms with Crippen molar-refractivity contribution < 1.29 is 14.1 Å². The van der Waals surface area contributed by atoms with Crippen LogP contribution in [0.1, 0.15) is 18.4 Å². The Labute approximate surface area is 170 Å². The number of hydrogen-bond acceptors (Lipinski definition) is 6. The molecular formula is C21H16N4O3S. The summed E-state index contributed by atoms with van der Waals surface area (Å²) in [6, 6.07) is 14.9. The van der Waals surface area contributed by atoms with Crippen molar-refractivity contribution in [1.82, 2.24) is 20.4 Å². The first-order valence-corrected chi connectivity index (χ1v) is 9.98. The van der Waals surface area contributed by atoms with Crippen molar-refractivity contribution in [2.45, 2.75) is 19.0 Å². The highest BCUT2D eigenvalue weighted by molar-refractivity contribution is 7.08.